The second kappa shape index (κ2) is 12.2. The van der Waals surface area contributed by atoms with E-state index in [4.69, 9.17) is 0 Å². The molecule has 214 valence electrons. The third-order valence-electron chi connectivity index (χ3n) is 5.85. The smallest absolute Gasteiger partial charge is 0.416 e. The maximum Gasteiger partial charge on any atom is 0.416 e. The van der Waals surface area contributed by atoms with Gasteiger partial charge in [0.2, 0.25) is 0 Å². The standard InChI is InChI=1S/C26H25F3N2O7S2/c1-16-22(39(35)12-11-23(32)38-2)14-21(24(33)30-15-17-7-9-20(10-8-17)40(3,36)37)25(34)31(16)19-6-4-5-18(13-19)26(27,28)29/h4-10,13-14H,11-12,15H2,1-3H3,(H,30,33). The van der Waals surface area contributed by atoms with Crippen LogP contribution in [-0.2, 0) is 42.9 Å². The second-order valence-corrected chi connectivity index (χ2v) is 12.2. The summed E-state index contributed by atoms with van der Waals surface area (Å²) in [5.74, 6) is -1.76. The average molecular weight is 599 g/mol. The van der Waals surface area contributed by atoms with Crippen LogP contribution < -0.4 is 10.9 Å². The minimum atomic E-state index is -4.71. The lowest BCUT2D eigenvalue weighted by Gasteiger charge is -2.17. The fraction of sp³-hybridized carbons (Fsp3) is 0.269. The molecule has 1 heterocycles. The Morgan fingerprint density at radius 3 is 2.30 bits per heavy atom. The number of carbonyl (C=O) groups excluding carboxylic acids is 2. The predicted molar refractivity (Wildman–Crippen MR) is 140 cm³/mol. The molecule has 0 saturated heterocycles. The van der Waals surface area contributed by atoms with E-state index in [9.17, 15) is 40.2 Å². The van der Waals surface area contributed by atoms with Crippen LogP contribution in [0.1, 0.15) is 33.6 Å². The van der Waals surface area contributed by atoms with E-state index < -0.39 is 55.4 Å². The topological polar surface area (TPSA) is 129 Å². The van der Waals surface area contributed by atoms with Gasteiger partial charge in [0.25, 0.3) is 11.5 Å². The Hall–Kier alpha value is -3.78. The quantitative estimate of drug-likeness (QED) is 0.375. The third kappa shape index (κ3) is 7.24. The molecule has 1 aromatic heterocycles. The lowest BCUT2D eigenvalue weighted by molar-refractivity contribution is -0.140. The highest BCUT2D eigenvalue weighted by Gasteiger charge is 2.31. The van der Waals surface area contributed by atoms with Crippen molar-refractivity contribution in [1.29, 1.82) is 0 Å². The van der Waals surface area contributed by atoms with Gasteiger partial charge in [0, 0.05) is 29.9 Å². The van der Waals surface area contributed by atoms with Crippen molar-refractivity contribution >= 4 is 32.5 Å². The summed E-state index contributed by atoms with van der Waals surface area (Å²) in [6, 6.07) is 10.7. The molecule has 3 rings (SSSR count). The summed E-state index contributed by atoms with van der Waals surface area (Å²) in [6.45, 7) is 1.26. The number of esters is 1. The van der Waals surface area contributed by atoms with Gasteiger partial charge in [-0.1, -0.05) is 18.2 Å². The molecule has 14 heteroatoms. The van der Waals surface area contributed by atoms with Crippen LogP contribution in [0, 0.1) is 6.92 Å². The van der Waals surface area contributed by atoms with E-state index in [-0.39, 0.29) is 39.9 Å². The lowest BCUT2D eigenvalue weighted by Crippen LogP contribution is -2.34. The van der Waals surface area contributed by atoms with Crippen molar-refractivity contribution in [3.63, 3.8) is 0 Å². The summed E-state index contributed by atoms with van der Waals surface area (Å²) in [7, 11) is -4.21. The summed E-state index contributed by atoms with van der Waals surface area (Å²) in [4.78, 5) is 38.1. The molecule has 0 saturated carbocycles. The van der Waals surface area contributed by atoms with Crippen molar-refractivity contribution in [1.82, 2.24) is 9.88 Å². The number of ether oxygens (including phenoxy) is 1. The van der Waals surface area contributed by atoms with Crippen molar-refractivity contribution in [2.24, 2.45) is 0 Å². The molecule has 9 nitrogen and oxygen atoms in total. The Bertz CT molecular complexity index is 1630. The van der Waals surface area contributed by atoms with E-state index in [1.54, 1.807) is 0 Å². The van der Waals surface area contributed by atoms with Crippen LogP contribution in [0.2, 0.25) is 0 Å². The molecule has 2 aromatic carbocycles. The number of rotatable bonds is 9. The first-order valence-electron chi connectivity index (χ1n) is 11.6. The zero-order chi connectivity index (χ0) is 29.8. The van der Waals surface area contributed by atoms with E-state index >= 15 is 0 Å². The number of halogens is 3. The minimum Gasteiger partial charge on any atom is -0.469 e. The first kappa shape index (κ1) is 30.8. The van der Waals surface area contributed by atoms with Gasteiger partial charge in [-0.25, -0.2) is 8.42 Å². The van der Waals surface area contributed by atoms with Gasteiger partial charge in [-0.05, 0) is 48.9 Å². The summed E-state index contributed by atoms with van der Waals surface area (Å²) < 4.78 is 82.0. The zero-order valence-electron chi connectivity index (χ0n) is 21.6. The fourth-order valence-corrected chi connectivity index (χ4v) is 5.60. The second-order valence-electron chi connectivity index (χ2n) is 8.67. The molecule has 1 N–H and O–H groups in total. The van der Waals surface area contributed by atoms with Crippen LogP contribution in [-0.4, -0.2) is 48.2 Å². The number of benzene rings is 2. The van der Waals surface area contributed by atoms with Gasteiger partial charge < -0.3 is 10.1 Å². The van der Waals surface area contributed by atoms with Crippen LogP contribution >= 0.6 is 0 Å². The molecule has 40 heavy (non-hydrogen) atoms. The summed E-state index contributed by atoms with van der Waals surface area (Å²) in [5, 5.41) is 2.52. The van der Waals surface area contributed by atoms with E-state index in [0.29, 0.717) is 5.56 Å². The SMILES string of the molecule is COC(=O)CCS(=O)c1cc(C(=O)NCc2ccc(S(C)(=O)=O)cc2)c(=O)n(-c2cccc(C(F)(F)F)c2)c1C. The normalized spacial score (nSPS) is 12.6. The van der Waals surface area contributed by atoms with Crippen molar-refractivity contribution < 1.29 is 40.1 Å². The number of amides is 1. The number of alkyl halides is 3. The molecule has 0 spiro atoms. The lowest BCUT2D eigenvalue weighted by atomic mass is 10.1. The number of nitrogens with one attached hydrogen (secondary N) is 1. The van der Waals surface area contributed by atoms with Crippen LogP contribution in [0.25, 0.3) is 5.69 Å². The number of carbonyl (C=O) groups is 2. The molecule has 1 unspecified atom stereocenters. The average Bonchev–Trinajstić information content (AvgIpc) is 2.89. The Kier molecular flexibility index (Phi) is 9.36. The third-order valence-corrected chi connectivity index (χ3v) is 8.45. The number of sulfone groups is 1. The molecule has 0 aliphatic heterocycles. The van der Waals surface area contributed by atoms with E-state index in [0.717, 1.165) is 42.2 Å². The number of methoxy groups -OCH3 is 1. The fourth-order valence-electron chi connectivity index (χ4n) is 3.73. The molecule has 1 amide bonds. The van der Waals surface area contributed by atoms with Gasteiger partial charge in [0.15, 0.2) is 9.84 Å². The highest BCUT2D eigenvalue weighted by atomic mass is 32.2. The van der Waals surface area contributed by atoms with Gasteiger partial charge in [0.1, 0.15) is 5.56 Å². The highest BCUT2D eigenvalue weighted by Crippen LogP contribution is 2.30. The Labute approximate surface area is 230 Å². The molecular formula is C26H25F3N2O7S2. The molecule has 0 aliphatic carbocycles. The van der Waals surface area contributed by atoms with Crippen LogP contribution in [0.5, 0.6) is 0 Å². The number of hydrogen-bond donors (Lipinski definition) is 1. The summed E-state index contributed by atoms with van der Waals surface area (Å²) >= 11 is 0. The zero-order valence-corrected chi connectivity index (χ0v) is 23.2. The molecule has 1 atom stereocenters. The number of nitrogens with zero attached hydrogens (tertiary/aromatic N) is 1. The van der Waals surface area contributed by atoms with Gasteiger partial charge >= 0.3 is 12.1 Å². The molecule has 0 aliphatic rings. The van der Waals surface area contributed by atoms with Gasteiger partial charge in [-0.15, -0.1) is 0 Å². The Morgan fingerprint density at radius 1 is 1.07 bits per heavy atom. The molecular weight excluding hydrogens is 573 g/mol. The van der Waals surface area contributed by atoms with Crippen molar-refractivity contribution in [2.75, 3.05) is 19.1 Å². The van der Waals surface area contributed by atoms with Gasteiger partial charge in [0.05, 0.1) is 39.7 Å². The summed E-state index contributed by atoms with van der Waals surface area (Å²) in [6.07, 6.45) is -3.90. The van der Waals surface area contributed by atoms with Crippen molar-refractivity contribution in [3.8, 4) is 5.69 Å². The molecule has 0 fully saturated rings. The maximum atomic E-state index is 13.4. The van der Waals surface area contributed by atoms with Gasteiger partial charge in [-0.3, -0.25) is 23.2 Å². The number of hydrogen-bond acceptors (Lipinski definition) is 7. The Balaban J connectivity index is 2.06. The molecule has 0 radical (unpaired) electrons. The highest BCUT2D eigenvalue weighted by molar-refractivity contribution is 7.90. The maximum absolute atomic E-state index is 13.4. The van der Waals surface area contributed by atoms with Crippen LogP contribution in [0.3, 0.4) is 0 Å². The van der Waals surface area contributed by atoms with Gasteiger partial charge in [-0.2, -0.15) is 13.2 Å². The number of pyridine rings is 1. The summed E-state index contributed by atoms with van der Waals surface area (Å²) in [5.41, 5.74) is -2.13. The monoisotopic (exact) mass is 598 g/mol. The van der Waals surface area contributed by atoms with Crippen LogP contribution in [0.15, 0.2) is 69.2 Å². The van der Waals surface area contributed by atoms with Crippen LogP contribution in [0.4, 0.5) is 13.2 Å². The van der Waals surface area contributed by atoms with E-state index in [2.05, 4.69) is 10.1 Å². The number of aromatic nitrogens is 1. The molecule has 0 bridgehead atoms. The first-order valence-corrected chi connectivity index (χ1v) is 14.8. The minimum absolute atomic E-state index is 0.0245. The van der Waals surface area contributed by atoms with E-state index in [1.807, 2.05) is 0 Å². The largest absolute Gasteiger partial charge is 0.469 e. The first-order chi connectivity index (χ1) is 18.6. The van der Waals surface area contributed by atoms with Crippen molar-refractivity contribution in [3.05, 3.63) is 87.3 Å². The predicted octanol–water partition coefficient (Wildman–Crippen LogP) is 3.17. The van der Waals surface area contributed by atoms with Crippen molar-refractivity contribution in [2.45, 2.75) is 35.9 Å². The van der Waals surface area contributed by atoms with E-state index in [1.165, 1.54) is 37.3 Å². The molecule has 3 aromatic rings. The Morgan fingerprint density at radius 2 is 1.73 bits per heavy atom.